The molecule has 142 valence electrons. The zero-order valence-electron chi connectivity index (χ0n) is 15.9. The fourth-order valence-electron chi connectivity index (χ4n) is 4.18. The molecule has 2 aromatic heterocycles. The van der Waals surface area contributed by atoms with Crippen LogP contribution >= 0.6 is 0 Å². The smallest absolute Gasteiger partial charge is 0.182 e. The number of piperidine rings is 1. The molecule has 0 saturated carbocycles. The highest BCUT2D eigenvalue weighted by Crippen LogP contribution is 2.24. The largest absolute Gasteiger partial charge is 0.378 e. The molecule has 0 aliphatic carbocycles. The summed E-state index contributed by atoms with van der Waals surface area (Å²) in [5.41, 5.74) is 1.67. The summed E-state index contributed by atoms with van der Waals surface area (Å²) in [6.45, 7) is 8.57. The number of H-pyrrole nitrogens is 1. The Hall–Kier alpha value is -1.77. The van der Waals surface area contributed by atoms with Gasteiger partial charge in [0.2, 0.25) is 0 Å². The number of nitrogens with zero attached hydrogens (tertiary/aromatic N) is 5. The van der Waals surface area contributed by atoms with Crippen LogP contribution in [0.4, 0.5) is 5.82 Å². The molecule has 2 aliphatic heterocycles. The van der Waals surface area contributed by atoms with Gasteiger partial charge < -0.3 is 19.9 Å². The van der Waals surface area contributed by atoms with Gasteiger partial charge in [0, 0.05) is 51.4 Å². The predicted molar refractivity (Wildman–Crippen MR) is 101 cm³/mol. The number of aromatic nitrogens is 4. The van der Waals surface area contributed by atoms with Gasteiger partial charge in [0.25, 0.3) is 0 Å². The van der Waals surface area contributed by atoms with E-state index in [1.165, 1.54) is 0 Å². The van der Waals surface area contributed by atoms with Gasteiger partial charge >= 0.3 is 0 Å². The zero-order valence-corrected chi connectivity index (χ0v) is 15.9. The summed E-state index contributed by atoms with van der Waals surface area (Å²) in [6.07, 6.45) is 5.78. The predicted octanol–water partition coefficient (Wildman–Crippen LogP) is 1.02. The summed E-state index contributed by atoms with van der Waals surface area (Å²) in [4.78, 5) is 20.9. The zero-order chi connectivity index (χ0) is 18.1. The number of hydrogen-bond donors (Lipinski definition) is 2. The molecule has 2 aromatic rings. The van der Waals surface area contributed by atoms with Crippen LogP contribution in [0.5, 0.6) is 0 Å². The van der Waals surface area contributed by atoms with Crippen LogP contribution in [0.1, 0.15) is 26.7 Å². The standard InChI is InChI=1S/C18H29N7O/c1-12(2)25-8-14(15(9-25)26-3)23-13-4-6-24(7-5-13)18-16-17(20-10-19-16)21-11-22-18/h10-15,23H,4-9H2,1-3H3,(H,19,20,21,22)/t14-,15-/m0/s1. The molecule has 2 aliphatic rings. The molecule has 0 radical (unpaired) electrons. The van der Waals surface area contributed by atoms with Gasteiger partial charge in [-0.3, -0.25) is 4.90 Å². The van der Waals surface area contributed by atoms with Gasteiger partial charge in [0.1, 0.15) is 11.8 Å². The Balaban J connectivity index is 1.36. The van der Waals surface area contributed by atoms with Gasteiger partial charge in [0.15, 0.2) is 11.5 Å². The maximum atomic E-state index is 5.73. The fraction of sp³-hybridized carbons (Fsp3) is 0.722. The molecule has 4 heterocycles. The van der Waals surface area contributed by atoms with Crippen molar-refractivity contribution in [2.45, 2.75) is 50.9 Å². The minimum absolute atomic E-state index is 0.280. The van der Waals surface area contributed by atoms with E-state index in [4.69, 9.17) is 4.74 Å². The van der Waals surface area contributed by atoms with E-state index >= 15 is 0 Å². The lowest BCUT2D eigenvalue weighted by Crippen LogP contribution is -2.50. The monoisotopic (exact) mass is 359 g/mol. The Morgan fingerprint density at radius 2 is 2.00 bits per heavy atom. The molecule has 2 fully saturated rings. The summed E-state index contributed by atoms with van der Waals surface area (Å²) in [6, 6.07) is 1.51. The highest BCUT2D eigenvalue weighted by molar-refractivity contribution is 5.82. The van der Waals surface area contributed by atoms with Gasteiger partial charge in [-0.25, -0.2) is 15.0 Å². The number of anilines is 1. The summed E-state index contributed by atoms with van der Waals surface area (Å²) in [7, 11) is 1.83. The summed E-state index contributed by atoms with van der Waals surface area (Å²) >= 11 is 0. The van der Waals surface area contributed by atoms with E-state index in [0.29, 0.717) is 18.1 Å². The highest BCUT2D eigenvalue weighted by atomic mass is 16.5. The average molecular weight is 359 g/mol. The third-order valence-electron chi connectivity index (χ3n) is 5.77. The van der Waals surface area contributed by atoms with Crippen LogP contribution in [0, 0.1) is 0 Å². The molecule has 0 spiro atoms. The van der Waals surface area contributed by atoms with Crippen molar-refractivity contribution in [2.24, 2.45) is 0 Å². The van der Waals surface area contributed by atoms with Gasteiger partial charge in [-0.15, -0.1) is 0 Å². The van der Waals surface area contributed by atoms with Crippen LogP contribution in [0.15, 0.2) is 12.7 Å². The van der Waals surface area contributed by atoms with E-state index in [1.807, 2.05) is 7.11 Å². The lowest BCUT2D eigenvalue weighted by Gasteiger charge is -2.35. The second-order valence-corrected chi connectivity index (χ2v) is 7.65. The number of methoxy groups -OCH3 is 1. The van der Waals surface area contributed by atoms with Crippen LogP contribution < -0.4 is 10.2 Å². The number of likely N-dealkylation sites (tertiary alicyclic amines) is 1. The number of nitrogens with one attached hydrogen (secondary N) is 2. The molecule has 0 bridgehead atoms. The molecular weight excluding hydrogens is 330 g/mol. The number of ether oxygens (including phenoxy) is 1. The van der Waals surface area contributed by atoms with Crippen molar-refractivity contribution in [1.82, 2.24) is 30.2 Å². The van der Waals surface area contributed by atoms with Crippen molar-refractivity contribution >= 4 is 17.0 Å². The molecule has 0 aromatic carbocycles. The van der Waals surface area contributed by atoms with Crippen LogP contribution in [0.3, 0.4) is 0 Å². The van der Waals surface area contributed by atoms with E-state index in [2.05, 4.69) is 48.9 Å². The lowest BCUT2D eigenvalue weighted by atomic mass is 10.0. The maximum absolute atomic E-state index is 5.73. The molecule has 2 N–H and O–H groups in total. The first-order valence-electron chi connectivity index (χ1n) is 9.57. The Morgan fingerprint density at radius 1 is 1.19 bits per heavy atom. The average Bonchev–Trinajstić information content (AvgIpc) is 3.28. The topological polar surface area (TPSA) is 82.2 Å². The number of aromatic amines is 1. The molecule has 2 atom stereocenters. The second-order valence-electron chi connectivity index (χ2n) is 7.65. The number of fused-ring (bicyclic) bond motifs is 1. The minimum atomic E-state index is 0.280. The highest BCUT2D eigenvalue weighted by Gasteiger charge is 2.35. The number of rotatable bonds is 5. The second kappa shape index (κ2) is 7.46. The molecular formula is C18H29N7O. The molecule has 0 unspecified atom stereocenters. The SMILES string of the molecule is CO[C@H]1CN(C(C)C)C[C@@H]1NC1CCN(c2ncnc3nc[nH]c23)CC1. The van der Waals surface area contributed by atoms with Crippen LogP contribution in [-0.2, 0) is 4.74 Å². The Morgan fingerprint density at radius 3 is 2.73 bits per heavy atom. The molecule has 4 rings (SSSR count). The van der Waals surface area contributed by atoms with Gasteiger partial charge in [0.05, 0.1) is 12.4 Å². The van der Waals surface area contributed by atoms with Crippen molar-refractivity contribution in [3.05, 3.63) is 12.7 Å². The number of hydrogen-bond acceptors (Lipinski definition) is 7. The molecule has 8 heteroatoms. The van der Waals surface area contributed by atoms with Crippen LogP contribution in [0.25, 0.3) is 11.2 Å². The quantitative estimate of drug-likeness (QED) is 0.825. The Bertz CT molecular complexity index is 725. The summed E-state index contributed by atoms with van der Waals surface area (Å²) < 4.78 is 5.73. The first kappa shape index (κ1) is 17.6. The Labute approximate surface area is 154 Å². The maximum Gasteiger partial charge on any atom is 0.182 e. The van der Waals surface area contributed by atoms with Crippen molar-refractivity contribution in [3.8, 4) is 0 Å². The third kappa shape index (κ3) is 3.41. The Kier molecular flexibility index (Phi) is 5.06. The van der Waals surface area contributed by atoms with Crippen molar-refractivity contribution < 1.29 is 4.74 Å². The number of imidazole rings is 1. The van der Waals surface area contributed by atoms with E-state index < -0.39 is 0 Å². The van der Waals surface area contributed by atoms with Crippen LogP contribution in [-0.4, -0.2) is 82.4 Å². The minimum Gasteiger partial charge on any atom is -0.378 e. The van der Waals surface area contributed by atoms with E-state index in [9.17, 15) is 0 Å². The molecule has 26 heavy (non-hydrogen) atoms. The van der Waals surface area contributed by atoms with Crippen LogP contribution in [0.2, 0.25) is 0 Å². The van der Waals surface area contributed by atoms with Crippen molar-refractivity contribution in [2.75, 3.05) is 38.2 Å². The first-order valence-corrected chi connectivity index (χ1v) is 9.57. The van der Waals surface area contributed by atoms with Gasteiger partial charge in [-0.05, 0) is 26.7 Å². The van der Waals surface area contributed by atoms with E-state index in [1.54, 1.807) is 12.7 Å². The molecule has 0 amide bonds. The lowest BCUT2D eigenvalue weighted by molar-refractivity contribution is 0.0834. The van der Waals surface area contributed by atoms with Crippen molar-refractivity contribution in [1.29, 1.82) is 0 Å². The molecule has 2 saturated heterocycles. The first-order chi connectivity index (χ1) is 12.7. The molecule has 8 nitrogen and oxygen atoms in total. The van der Waals surface area contributed by atoms with E-state index in [-0.39, 0.29) is 6.10 Å². The van der Waals surface area contributed by atoms with Gasteiger partial charge in [-0.2, -0.15) is 0 Å². The normalized spacial score (nSPS) is 25.6. The third-order valence-corrected chi connectivity index (χ3v) is 5.77. The summed E-state index contributed by atoms with van der Waals surface area (Å²) in [5, 5.41) is 3.86. The summed E-state index contributed by atoms with van der Waals surface area (Å²) in [5.74, 6) is 0.965. The van der Waals surface area contributed by atoms with Gasteiger partial charge in [-0.1, -0.05) is 0 Å². The van der Waals surface area contributed by atoms with E-state index in [0.717, 1.165) is 56.0 Å². The van der Waals surface area contributed by atoms with Crippen molar-refractivity contribution in [3.63, 3.8) is 0 Å². The fourth-order valence-corrected chi connectivity index (χ4v) is 4.18.